The van der Waals surface area contributed by atoms with E-state index in [0.29, 0.717) is 6.61 Å². The van der Waals surface area contributed by atoms with Crippen LogP contribution >= 0.6 is 0 Å². The molecule has 1 rings (SSSR count). The standard InChI is InChI=1S/C11H15NO/c12-8-10-13-9-4-7-11-5-2-1-3-6-11/h1-3,5-6,8,12H,4,7,9-10H2. The Labute approximate surface area is 79.1 Å². The highest BCUT2D eigenvalue weighted by molar-refractivity contribution is 5.53. The second kappa shape index (κ2) is 6.38. The van der Waals surface area contributed by atoms with Crippen LogP contribution in [0.4, 0.5) is 0 Å². The predicted molar refractivity (Wildman–Crippen MR) is 54.4 cm³/mol. The molecule has 1 aromatic rings. The molecule has 0 fully saturated rings. The summed E-state index contributed by atoms with van der Waals surface area (Å²) in [5.41, 5.74) is 1.35. The van der Waals surface area contributed by atoms with Gasteiger partial charge in [-0.05, 0) is 18.4 Å². The van der Waals surface area contributed by atoms with E-state index < -0.39 is 0 Å². The van der Waals surface area contributed by atoms with E-state index in [1.165, 1.54) is 11.8 Å². The first-order chi connectivity index (χ1) is 6.43. The molecule has 1 N–H and O–H groups in total. The number of ether oxygens (including phenoxy) is 1. The van der Waals surface area contributed by atoms with Crippen molar-refractivity contribution >= 4 is 6.21 Å². The lowest BCUT2D eigenvalue weighted by Crippen LogP contribution is -1.98. The van der Waals surface area contributed by atoms with Crippen LogP contribution in [0, 0.1) is 5.41 Å². The Bertz CT molecular complexity index is 233. The average Bonchev–Trinajstić information content (AvgIpc) is 2.19. The van der Waals surface area contributed by atoms with Gasteiger partial charge in [-0.25, -0.2) is 0 Å². The lowest BCUT2D eigenvalue weighted by atomic mass is 10.1. The van der Waals surface area contributed by atoms with Crippen molar-refractivity contribution in [3.8, 4) is 0 Å². The van der Waals surface area contributed by atoms with E-state index in [9.17, 15) is 0 Å². The van der Waals surface area contributed by atoms with Crippen LogP contribution in [0.25, 0.3) is 0 Å². The number of nitrogens with one attached hydrogen (secondary N) is 1. The molecule has 0 amide bonds. The number of rotatable bonds is 6. The summed E-state index contributed by atoms with van der Waals surface area (Å²) in [5, 5.41) is 6.75. The Balaban J connectivity index is 2.10. The van der Waals surface area contributed by atoms with Crippen LogP contribution < -0.4 is 0 Å². The summed E-state index contributed by atoms with van der Waals surface area (Å²) in [5.74, 6) is 0. The first-order valence-corrected chi connectivity index (χ1v) is 4.54. The summed E-state index contributed by atoms with van der Waals surface area (Å²) in [6, 6.07) is 10.4. The van der Waals surface area contributed by atoms with Crippen molar-refractivity contribution in [2.75, 3.05) is 13.2 Å². The van der Waals surface area contributed by atoms with Gasteiger partial charge < -0.3 is 10.1 Å². The van der Waals surface area contributed by atoms with Crippen molar-refractivity contribution in [2.45, 2.75) is 12.8 Å². The average molecular weight is 177 g/mol. The van der Waals surface area contributed by atoms with Gasteiger partial charge in [-0.1, -0.05) is 30.3 Å². The molecule has 0 aliphatic rings. The van der Waals surface area contributed by atoms with Gasteiger partial charge in [-0.15, -0.1) is 0 Å². The Morgan fingerprint density at radius 1 is 1.23 bits per heavy atom. The smallest absolute Gasteiger partial charge is 0.0811 e. The SMILES string of the molecule is N=CCOCCCc1ccccc1. The molecular formula is C11H15NO. The van der Waals surface area contributed by atoms with Crippen LogP contribution in [-0.4, -0.2) is 19.4 Å². The van der Waals surface area contributed by atoms with Crippen molar-refractivity contribution in [1.82, 2.24) is 0 Å². The zero-order chi connectivity index (χ0) is 9.36. The molecule has 13 heavy (non-hydrogen) atoms. The number of benzene rings is 1. The minimum Gasteiger partial charge on any atom is -0.376 e. The zero-order valence-electron chi connectivity index (χ0n) is 7.70. The van der Waals surface area contributed by atoms with Gasteiger partial charge in [-0.3, -0.25) is 0 Å². The molecule has 0 atom stereocenters. The van der Waals surface area contributed by atoms with Gasteiger partial charge in [-0.2, -0.15) is 0 Å². The first-order valence-electron chi connectivity index (χ1n) is 4.54. The van der Waals surface area contributed by atoms with Crippen LogP contribution in [0.5, 0.6) is 0 Å². The van der Waals surface area contributed by atoms with Crippen molar-refractivity contribution in [3.05, 3.63) is 35.9 Å². The molecule has 0 saturated heterocycles. The number of hydrogen-bond donors (Lipinski definition) is 1. The van der Waals surface area contributed by atoms with Gasteiger partial charge in [0.25, 0.3) is 0 Å². The highest BCUT2D eigenvalue weighted by atomic mass is 16.5. The summed E-state index contributed by atoms with van der Waals surface area (Å²) in [7, 11) is 0. The van der Waals surface area contributed by atoms with Crippen LogP contribution in [0.1, 0.15) is 12.0 Å². The fourth-order valence-corrected chi connectivity index (χ4v) is 1.17. The summed E-state index contributed by atoms with van der Waals surface area (Å²) >= 11 is 0. The van der Waals surface area contributed by atoms with Gasteiger partial charge in [0.2, 0.25) is 0 Å². The molecule has 0 aromatic heterocycles. The van der Waals surface area contributed by atoms with E-state index >= 15 is 0 Å². The Morgan fingerprint density at radius 3 is 2.69 bits per heavy atom. The molecule has 0 aliphatic carbocycles. The lowest BCUT2D eigenvalue weighted by Gasteiger charge is -2.01. The van der Waals surface area contributed by atoms with Gasteiger partial charge in [0.15, 0.2) is 0 Å². The van der Waals surface area contributed by atoms with Crippen LogP contribution in [-0.2, 0) is 11.2 Å². The normalized spacial score (nSPS) is 9.85. The Morgan fingerprint density at radius 2 is 2.00 bits per heavy atom. The van der Waals surface area contributed by atoms with E-state index in [-0.39, 0.29) is 0 Å². The zero-order valence-corrected chi connectivity index (χ0v) is 7.70. The molecule has 1 aromatic carbocycles. The minimum absolute atomic E-state index is 0.439. The van der Waals surface area contributed by atoms with Gasteiger partial charge in [0, 0.05) is 12.8 Å². The monoisotopic (exact) mass is 177 g/mol. The third kappa shape index (κ3) is 4.43. The van der Waals surface area contributed by atoms with Crippen LogP contribution in [0.2, 0.25) is 0 Å². The van der Waals surface area contributed by atoms with Crippen molar-refractivity contribution in [1.29, 1.82) is 5.41 Å². The number of aryl methyl sites for hydroxylation is 1. The highest BCUT2D eigenvalue weighted by Gasteiger charge is 1.91. The molecule has 0 bridgehead atoms. The van der Waals surface area contributed by atoms with E-state index in [1.807, 2.05) is 18.2 Å². The molecule has 0 aliphatic heterocycles. The summed E-state index contributed by atoms with van der Waals surface area (Å²) < 4.78 is 5.16. The lowest BCUT2D eigenvalue weighted by molar-refractivity contribution is 0.171. The van der Waals surface area contributed by atoms with E-state index in [4.69, 9.17) is 10.1 Å². The Kier molecular flexibility index (Phi) is 4.87. The second-order valence-corrected chi connectivity index (χ2v) is 2.87. The molecule has 2 nitrogen and oxygen atoms in total. The minimum atomic E-state index is 0.439. The molecule has 0 radical (unpaired) electrons. The fraction of sp³-hybridized carbons (Fsp3) is 0.364. The Hall–Kier alpha value is -1.15. The van der Waals surface area contributed by atoms with Crippen molar-refractivity contribution < 1.29 is 4.74 Å². The second-order valence-electron chi connectivity index (χ2n) is 2.87. The third-order valence-corrected chi connectivity index (χ3v) is 1.80. The van der Waals surface area contributed by atoms with Gasteiger partial charge >= 0.3 is 0 Å². The third-order valence-electron chi connectivity index (χ3n) is 1.80. The summed E-state index contributed by atoms with van der Waals surface area (Å²) in [4.78, 5) is 0. The highest BCUT2D eigenvalue weighted by Crippen LogP contribution is 2.01. The van der Waals surface area contributed by atoms with Crippen LogP contribution in [0.15, 0.2) is 30.3 Å². The topological polar surface area (TPSA) is 33.1 Å². The molecule has 0 saturated carbocycles. The molecular weight excluding hydrogens is 162 g/mol. The maximum atomic E-state index is 6.75. The maximum Gasteiger partial charge on any atom is 0.0811 e. The first kappa shape index (κ1) is 9.93. The van der Waals surface area contributed by atoms with E-state index in [2.05, 4.69) is 12.1 Å². The van der Waals surface area contributed by atoms with Gasteiger partial charge in [0.05, 0.1) is 6.61 Å². The molecule has 2 heteroatoms. The largest absolute Gasteiger partial charge is 0.376 e. The predicted octanol–water partition coefficient (Wildman–Crippen LogP) is 2.29. The molecule has 70 valence electrons. The summed E-state index contributed by atoms with van der Waals surface area (Å²) in [6.07, 6.45) is 3.36. The van der Waals surface area contributed by atoms with E-state index in [1.54, 1.807) is 0 Å². The fourth-order valence-electron chi connectivity index (χ4n) is 1.17. The maximum absolute atomic E-state index is 6.75. The number of hydrogen-bond acceptors (Lipinski definition) is 2. The quantitative estimate of drug-likeness (QED) is 0.525. The van der Waals surface area contributed by atoms with Crippen molar-refractivity contribution in [2.24, 2.45) is 0 Å². The summed E-state index contributed by atoms with van der Waals surface area (Å²) in [6.45, 7) is 1.18. The molecule has 0 unspecified atom stereocenters. The van der Waals surface area contributed by atoms with Crippen molar-refractivity contribution in [3.63, 3.8) is 0 Å². The van der Waals surface area contributed by atoms with Crippen LogP contribution in [0.3, 0.4) is 0 Å². The van der Waals surface area contributed by atoms with Gasteiger partial charge in [0.1, 0.15) is 0 Å². The molecule has 0 spiro atoms. The molecule has 0 heterocycles. The van der Waals surface area contributed by atoms with E-state index in [0.717, 1.165) is 19.4 Å².